The molecule has 2 fully saturated rings. The number of thiophene rings is 1. The van der Waals surface area contributed by atoms with Crippen LogP contribution >= 0.6 is 11.3 Å². The maximum Gasteiger partial charge on any atom is 0.417 e. The molecular formula is C22H21F6N3O4S. The van der Waals surface area contributed by atoms with Gasteiger partial charge in [0.15, 0.2) is 11.4 Å². The van der Waals surface area contributed by atoms with E-state index >= 15 is 0 Å². The topological polar surface area (TPSA) is 80.8 Å². The Morgan fingerprint density at radius 3 is 2.56 bits per heavy atom. The van der Waals surface area contributed by atoms with Crippen molar-refractivity contribution in [1.29, 1.82) is 0 Å². The minimum atomic E-state index is -4.85. The van der Waals surface area contributed by atoms with Gasteiger partial charge in [0.05, 0.1) is 20.2 Å². The number of likely N-dealkylation sites (tertiary alicyclic amines) is 1. The summed E-state index contributed by atoms with van der Waals surface area (Å²) in [5.74, 6) is -7.55. The highest BCUT2D eigenvalue weighted by molar-refractivity contribution is 7.08. The van der Waals surface area contributed by atoms with Crippen LogP contribution in [-0.2, 0) is 9.53 Å². The standard InChI is InChI=1S/C22H21F6N3O4S/c1-10-14(12-7-36-17(23)15(12)34-3)16(35-20(10,2)22(26,27)28)18(32)30-11-4-5-29-13(6-11)19(33)31-8-21(24,25)9-31/h4-7,10,14,16H,8-9H2,1-3H3,(H,29,30,32)/t10-,14-,16+,20+/m0/s1. The van der Waals surface area contributed by atoms with Crippen molar-refractivity contribution in [3.8, 4) is 5.75 Å². The third-order valence-electron chi connectivity index (χ3n) is 6.60. The number of hydrogen-bond donors (Lipinski definition) is 1. The summed E-state index contributed by atoms with van der Waals surface area (Å²) in [6, 6.07) is 2.40. The zero-order chi connectivity index (χ0) is 26.6. The Bertz CT molecular complexity index is 1180. The Kier molecular flexibility index (Phi) is 6.48. The summed E-state index contributed by atoms with van der Waals surface area (Å²) in [5, 5.41) is 2.93. The number of carbonyl (C=O) groups is 2. The number of carbonyl (C=O) groups excluding carboxylic acids is 2. The van der Waals surface area contributed by atoms with Gasteiger partial charge in [0.2, 0.25) is 5.13 Å². The quantitative estimate of drug-likeness (QED) is 0.570. The highest BCUT2D eigenvalue weighted by atomic mass is 32.1. The van der Waals surface area contributed by atoms with Gasteiger partial charge in [0, 0.05) is 34.7 Å². The number of aromatic nitrogens is 1. The number of nitrogens with one attached hydrogen (secondary N) is 1. The van der Waals surface area contributed by atoms with Gasteiger partial charge in [-0.15, -0.1) is 11.3 Å². The highest BCUT2D eigenvalue weighted by Crippen LogP contribution is 2.55. The molecule has 0 radical (unpaired) electrons. The molecule has 196 valence electrons. The number of alkyl halides is 5. The number of anilines is 1. The lowest BCUT2D eigenvalue weighted by Crippen LogP contribution is -2.58. The number of nitrogens with zero attached hydrogens (tertiary/aromatic N) is 2. The van der Waals surface area contributed by atoms with Crippen LogP contribution in [-0.4, -0.2) is 65.7 Å². The summed E-state index contributed by atoms with van der Waals surface area (Å²) >= 11 is 0.621. The molecular weight excluding hydrogens is 516 g/mol. The molecule has 36 heavy (non-hydrogen) atoms. The van der Waals surface area contributed by atoms with Crippen molar-refractivity contribution in [3.05, 3.63) is 40.1 Å². The maximum absolute atomic E-state index is 14.2. The van der Waals surface area contributed by atoms with Crippen LogP contribution in [0.25, 0.3) is 0 Å². The van der Waals surface area contributed by atoms with Crippen molar-refractivity contribution in [2.75, 3.05) is 25.5 Å². The van der Waals surface area contributed by atoms with E-state index in [2.05, 4.69) is 10.3 Å². The lowest BCUT2D eigenvalue weighted by Gasteiger charge is -2.38. The normalized spacial score (nSPS) is 27.5. The molecule has 14 heteroatoms. The van der Waals surface area contributed by atoms with Crippen molar-refractivity contribution in [2.24, 2.45) is 5.92 Å². The number of rotatable bonds is 5. The van der Waals surface area contributed by atoms with E-state index < -0.39 is 65.7 Å². The van der Waals surface area contributed by atoms with Crippen LogP contribution in [0.4, 0.5) is 32.0 Å². The second kappa shape index (κ2) is 8.91. The SMILES string of the molecule is COc1c([C@H]2[C@H](C(=O)Nc3ccnc(C(=O)N4CC(F)(F)C4)c3)O[C@@](C)(C(F)(F)F)[C@H]2C)csc1F. The van der Waals surface area contributed by atoms with Gasteiger partial charge in [-0.2, -0.15) is 17.6 Å². The Hall–Kier alpha value is -2.87. The molecule has 7 nitrogen and oxygen atoms in total. The zero-order valence-corrected chi connectivity index (χ0v) is 20.0. The van der Waals surface area contributed by atoms with Gasteiger partial charge in [-0.05, 0) is 19.1 Å². The van der Waals surface area contributed by atoms with Gasteiger partial charge in [-0.3, -0.25) is 14.6 Å². The number of hydrogen-bond acceptors (Lipinski definition) is 6. The third kappa shape index (κ3) is 4.40. The summed E-state index contributed by atoms with van der Waals surface area (Å²) in [6.45, 7) is 0.537. The minimum absolute atomic E-state index is 0.00953. The van der Waals surface area contributed by atoms with Crippen LogP contribution in [0.15, 0.2) is 23.7 Å². The van der Waals surface area contributed by atoms with E-state index in [1.165, 1.54) is 18.4 Å². The van der Waals surface area contributed by atoms with Crippen molar-refractivity contribution in [1.82, 2.24) is 9.88 Å². The molecule has 0 aromatic carbocycles. The molecule has 4 atom stereocenters. The molecule has 2 saturated heterocycles. The van der Waals surface area contributed by atoms with Crippen molar-refractivity contribution in [2.45, 2.75) is 43.6 Å². The van der Waals surface area contributed by atoms with E-state index in [0.717, 1.165) is 31.2 Å². The largest absolute Gasteiger partial charge is 0.492 e. The van der Waals surface area contributed by atoms with E-state index in [0.29, 0.717) is 11.3 Å². The summed E-state index contributed by atoms with van der Waals surface area (Å²) < 4.78 is 92.7. The molecule has 0 spiro atoms. The molecule has 0 aliphatic carbocycles. The second-order valence-electron chi connectivity index (χ2n) is 8.89. The smallest absolute Gasteiger partial charge is 0.417 e. The lowest BCUT2D eigenvalue weighted by molar-refractivity contribution is -0.272. The van der Waals surface area contributed by atoms with Crippen molar-refractivity contribution in [3.63, 3.8) is 0 Å². The predicted molar refractivity (Wildman–Crippen MR) is 116 cm³/mol. The number of pyridine rings is 1. The van der Waals surface area contributed by atoms with Crippen LogP contribution in [0, 0.1) is 11.0 Å². The summed E-state index contributed by atoms with van der Waals surface area (Å²) in [7, 11) is 1.16. The van der Waals surface area contributed by atoms with E-state index in [1.807, 2.05) is 0 Å². The van der Waals surface area contributed by atoms with Gasteiger partial charge >= 0.3 is 6.18 Å². The van der Waals surface area contributed by atoms with Gasteiger partial charge in [0.25, 0.3) is 17.7 Å². The Morgan fingerprint density at radius 2 is 1.97 bits per heavy atom. The fourth-order valence-corrected chi connectivity index (χ4v) is 5.25. The first-order valence-electron chi connectivity index (χ1n) is 10.7. The third-order valence-corrected chi connectivity index (χ3v) is 7.36. The van der Waals surface area contributed by atoms with Gasteiger partial charge in [-0.1, -0.05) is 6.92 Å². The lowest BCUT2D eigenvalue weighted by atomic mass is 9.78. The van der Waals surface area contributed by atoms with Crippen LogP contribution in [0.3, 0.4) is 0 Å². The van der Waals surface area contributed by atoms with Gasteiger partial charge in [-0.25, -0.2) is 8.78 Å². The maximum atomic E-state index is 14.2. The molecule has 2 aromatic rings. The Balaban J connectivity index is 1.62. The molecule has 4 heterocycles. The number of amides is 2. The molecule has 2 amide bonds. The Morgan fingerprint density at radius 1 is 1.31 bits per heavy atom. The van der Waals surface area contributed by atoms with Crippen LogP contribution < -0.4 is 10.1 Å². The first-order chi connectivity index (χ1) is 16.7. The number of methoxy groups -OCH3 is 1. The van der Waals surface area contributed by atoms with E-state index in [4.69, 9.17) is 9.47 Å². The summed E-state index contributed by atoms with van der Waals surface area (Å²) in [6.07, 6.45) is -5.40. The number of ether oxygens (including phenoxy) is 2. The van der Waals surface area contributed by atoms with Crippen molar-refractivity contribution >= 4 is 28.8 Å². The molecule has 2 aromatic heterocycles. The van der Waals surface area contributed by atoms with Gasteiger partial charge in [0.1, 0.15) is 11.8 Å². The Labute approximate surface area is 205 Å². The molecule has 2 aliphatic rings. The van der Waals surface area contributed by atoms with Crippen LogP contribution in [0.1, 0.15) is 35.8 Å². The van der Waals surface area contributed by atoms with Crippen molar-refractivity contribution < 1.29 is 45.4 Å². The van der Waals surface area contributed by atoms with E-state index in [9.17, 15) is 35.9 Å². The fraction of sp³-hybridized carbons (Fsp3) is 0.500. The van der Waals surface area contributed by atoms with E-state index in [-0.39, 0.29) is 22.7 Å². The first-order valence-corrected chi connectivity index (χ1v) is 11.6. The van der Waals surface area contributed by atoms with Gasteiger partial charge < -0.3 is 19.7 Å². The molecule has 0 bridgehead atoms. The van der Waals surface area contributed by atoms with Crippen LogP contribution in [0.2, 0.25) is 0 Å². The average molecular weight is 537 g/mol. The number of halogens is 6. The second-order valence-corrected chi connectivity index (χ2v) is 9.72. The summed E-state index contributed by atoms with van der Waals surface area (Å²) in [4.78, 5) is 30.3. The minimum Gasteiger partial charge on any atom is -0.492 e. The zero-order valence-electron chi connectivity index (χ0n) is 19.2. The average Bonchev–Trinajstić information content (AvgIpc) is 3.28. The molecule has 1 N–H and O–H groups in total. The molecule has 4 rings (SSSR count). The molecule has 0 saturated carbocycles. The monoisotopic (exact) mass is 537 g/mol. The van der Waals surface area contributed by atoms with Crippen LogP contribution in [0.5, 0.6) is 5.75 Å². The predicted octanol–water partition coefficient (Wildman–Crippen LogP) is 4.46. The highest BCUT2D eigenvalue weighted by Gasteiger charge is 2.66. The molecule has 2 aliphatic heterocycles. The molecule has 0 unspecified atom stereocenters. The van der Waals surface area contributed by atoms with E-state index in [1.54, 1.807) is 0 Å². The summed E-state index contributed by atoms with van der Waals surface area (Å²) in [5.41, 5.74) is -2.91. The first kappa shape index (κ1) is 26.2. The fourth-order valence-electron chi connectivity index (χ4n) is 4.44.